The first-order valence-corrected chi connectivity index (χ1v) is 6.85. The SMILES string of the molecule is COc1ccc(N[C@H]2CCCc3ccccc32)cc1. The summed E-state index contributed by atoms with van der Waals surface area (Å²) in [7, 11) is 1.69. The van der Waals surface area contributed by atoms with Crippen molar-refractivity contribution in [1.82, 2.24) is 0 Å². The van der Waals surface area contributed by atoms with Gasteiger partial charge in [-0.05, 0) is 54.7 Å². The minimum absolute atomic E-state index is 0.429. The average molecular weight is 253 g/mol. The maximum Gasteiger partial charge on any atom is 0.119 e. The van der Waals surface area contributed by atoms with Crippen LogP contribution in [0.15, 0.2) is 48.5 Å². The maximum absolute atomic E-state index is 5.19. The van der Waals surface area contributed by atoms with Crippen LogP contribution in [0, 0.1) is 0 Å². The molecular weight excluding hydrogens is 234 g/mol. The van der Waals surface area contributed by atoms with Gasteiger partial charge in [-0.25, -0.2) is 0 Å². The van der Waals surface area contributed by atoms with Gasteiger partial charge in [0.2, 0.25) is 0 Å². The molecule has 0 bridgehead atoms. The summed E-state index contributed by atoms with van der Waals surface area (Å²) < 4.78 is 5.19. The van der Waals surface area contributed by atoms with E-state index in [1.54, 1.807) is 7.11 Å². The van der Waals surface area contributed by atoms with E-state index in [1.165, 1.54) is 30.4 Å². The van der Waals surface area contributed by atoms with Gasteiger partial charge < -0.3 is 10.1 Å². The largest absolute Gasteiger partial charge is 0.497 e. The molecule has 2 nitrogen and oxygen atoms in total. The van der Waals surface area contributed by atoms with Crippen molar-refractivity contribution in [3.63, 3.8) is 0 Å². The van der Waals surface area contributed by atoms with Gasteiger partial charge in [-0.15, -0.1) is 0 Å². The minimum atomic E-state index is 0.429. The van der Waals surface area contributed by atoms with Gasteiger partial charge in [0.15, 0.2) is 0 Å². The lowest BCUT2D eigenvalue weighted by Gasteiger charge is -2.27. The Hall–Kier alpha value is -1.96. The number of hydrogen-bond acceptors (Lipinski definition) is 2. The average Bonchev–Trinajstić information content (AvgIpc) is 2.48. The first kappa shape index (κ1) is 12.1. The molecule has 19 heavy (non-hydrogen) atoms. The summed E-state index contributed by atoms with van der Waals surface area (Å²) in [5.74, 6) is 0.898. The molecule has 0 saturated heterocycles. The zero-order valence-electron chi connectivity index (χ0n) is 11.2. The van der Waals surface area contributed by atoms with Crippen LogP contribution >= 0.6 is 0 Å². The highest BCUT2D eigenvalue weighted by atomic mass is 16.5. The fourth-order valence-electron chi connectivity index (χ4n) is 2.79. The van der Waals surface area contributed by atoms with Gasteiger partial charge in [-0.1, -0.05) is 24.3 Å². The molecule has 2 aromatic carbocycles. The number of rotatable bonds is 3. The van der Waals surface area contributed by atoms with Crippen LogP contribution in [0.4, 0.5) is 5.69 Å². The van der Waals surface area contributed by atoms with Crippen LogP contribution in [0.25, 0.3) is 0 Å². The van der Waals surface area contributed by atoms with Gasteiger partial charge in [-0.3, -0.25) is 0 Å². The van der Waals surface area contributed by atoms with Crippen LogP contribution in [0.1, 0.15) is 30.0 Å². The highest BCUT2D eigenvalue weighted by molar-refractivity contribution is 5.49. The van der Waals surface area contributed by atoms with E-state index in [-0.39, 0.29) is 0 Å². The Bertz CT molecular complexity index is 547. The quantitative estimate of drug-likeness (QED) is 0.885. The number of benzene rings is 2. The molecule has 0 saturated carbocycles. The first-order valence-electron chi connectivity index (χ1n) is 6.85. The van der Waals surface area contributed by atoms with Crippen LogP contribution in [0.5, 0.6) is 5.75 Å². The van der Waals surface area contributed by atoms with E-state index in [1.807, 2.05) is 12.1 Å². The Morgan fingerprint density at radius 2 is 1.84 bits per heavy atom. The van der Waals surface area contributed by atoms with E-state index < -0.39 is 0 Å². The second-order valence-electron chi connectivity index (χ2n) is 5.02. The molecule has 0 unspecified atom stereocenters. The van der Waals surface area contributed by atoms with Crippen LogP contribution < -0.4 is 10.1 Å². The Labute approximate surface area is 114 Å². The molecule has 0 amide bonds. The molecule has 1 N–H and O–H groups in total. The number of methoxy groups -OCH3 is 1. The number of aryl methyl sites for hydroxylation is 1. The lowest BCUT2D eigenvalue weighted by molar-refractivity contribution is 0.415. The molecule has 3 rings (SSSR count). The molecule has 98 valence electrons. The van der Waals surface area contributed by atoms with E-state index in [4.69, 9.17) is 4.74 Å². The van der Waals surface area contributed by atoms with Crippen molar-refractivity contribution < 1.29 is 4.74 Å². The first-order chi connectivity index (χ1) is 9.36. The fourth-order valence-corrected chi connectivity index (χ4v) is 2.79. The molecule has 0 radical (unpaired) electrons. The van der Waals surface area contributed by atoms with Crippen molar-refractivity contribution in [2.24, 2.45) is 0 Å². The predicted octanol–water partition coefficient (Wildman–Crippen LogP) is 4.18. The number of nitrogens with one attached hydrogen (secondary N) is 1. The monoisotopic (exact) mass is 253 g/mol. The molecule has 0 spiro atoms. The van der Waals surface area contributed by atoms with Crippen LogP contribution in [0.2, 0.25) is 0 Å². The molecule has 0 fully saturated rings. The van der Waals surface area contributed by atoms with E-state index in [0.29, 0.717) is 6.04 Å². The smallest absolute Gasteiger partial charge is 0.119 e. The van der Waals surface area contributed by atoms with Crippen molar-refractivity contribution in [1.29, 1.82) is 0 Å². The normalized spacial score (nSPS) is 17.6. The fraction of sp³-hybridized carbons (Fsp3) is 0.294. The second-order valence-corrected chi connectivity index (χ2v) is 5.02. The summed E-state index contributed by atoms with van der Waals surface area (Å²) in [5, 5.41) is 3.63. The van der Waals surface area contributed by atoms with E-state index in [9.17, 15) is 0 Å². The van der Waals surface area contributed by atoms with Crippen molar-refractivity contribution in [2.45, 2.75) is 25.3 Å². The summed E-state index contributed by atoms with van der Waals surface area (Å²) in [5.41, 5.74) is 4.09. The molecule has 2 heteroatoms. The van der Waals surface area contributed by atoms with E-state index in [0.717, 1.165) is 11.4 Å². The Morgan fingerprint density at radius 3 is 2.63 bits per heavy atom. The lowest BCUT2D eigenvalue weighted by atomic mass is 9.87. The zero-order valence-corrected chi connectivity index (χ0v) is 11.2. The molecule has 1 aliphatic carbocycles. The summed E-state index contributed by atoms with van der Waals surface area (Å²) >= 11 is 0. The highest BCUT2D eigenvalue weighted by Gasteiger charge is 2.19. The predicted molar refractivity (Wildman–Crippen MR) is 78.7 cm³/mol. The van der Waals surface area contributed by atoms with Gasteiger partial charge in [-0.2, -0.15) is 0 Å². The molecule has 1 aliphatic rings. The van der Waals surface area contributed by atoms with Crippen molar-refractivity contribution >= 4 is 5.69 Å². The summed E-state index contributed by atoms with van der Waals surface area (Å²) in [6.07, 6.45) is 3.66. The molecule has 1 atom stereocenters. The number of anilines is 1. The zero-order chi connectivity index (χ0) is 13.1. The Balaban J connectivity index is 1.80. The summed E-state index contributed by atoms with van der Waals surface area (Å²) in [4.78, 5) is 0. The van der Waals surface area contributed by atoms with Gasteiger partial charge in [0.1, 0.15) is 5.75 Å². The Kier molecular flexibility index (Phi) is 3.41. The molecular formula is C17H19NO. The lowest BCUT2D eigenvalue weighted by Crippen LogP contribution is -2.17. The van der Waals surface area contributed by atoms with Crippen LogP contribution in [-0.4, -0.2) is 7.11 Å². The molecule has 0 aromatic heterocycles. The van der Waals surface area contributed by atoms with E-state index in [2.05, 4.69) is 41.7 Å². The Morgan fingerprint density at radius 1 is 1.05 bits per heavy atom. The second kappa shape index (κ2) is 5.35. The third-order valence-corrected chi connectivity index (χ3v) is 3.80. The van der Waals surface area contributed by atoms with Gasteiger partial charge in [0.25, 0.3) is 0 Å². The number of ether oxygens (including phenoxy) is 1. The number of hydrogen-bond donors (Lipinski definition) is 1. The highest BCUT2D eigenvalue weighted by Crippen LogP contribution is 2.32. The third kappa shape index (κ3) is 2.58. The van der Waals surface area contributed by atoms with Gasteiger partial charge >= 0.3 is 0 Å². The topological polar surface area (TPSA) is 21.3 Å². The van der Waals surface area contributed by atoms with Crippen LogP contribution in [-0.2, 0) is 6.42 Å². The molecule has 0 aliphatic heterocycles. The van der Waals surface area contributed by atoms with Gasteiger partial charge in [0, 0.05) is 5.69 Å². The standard InChI is InChI=1S/C17H19NO/c1-19-15-11-9-14(10-12-15)18-17-8-4-6-13-5-2-3-7-16(13)17/h2-3,5,7,9-12,17-18H,4,6,8H2,1H3/t17-/m0/s1. The number of fused-ring (bicyclic) bond motifs is 1. The third-order valence-electron chi connectivity index (χ3n) is 3.80. The van der Waals surface area contributed by atoms with Gasteiger partial charge in [0.05, 0.1) is 13.2 Å². The van der Waals surface area contributed by atoms with E-state index >= 15 is 0 Å². The van der Waals surface area contributed by atoms with Crippen molar-refractivity contribution in [3.05, 3.63) is 59.7 Å². The molecule has 2 aromatic rings. The summed E-state index contributed by atoms with van der Waals surface area (Å²) in [6.45, 7) is 0. The maximum atomic E-state index is 5.19. The van der Waals surface area contributed by atoms with Crippen LogP contribution in [0.3, 0.4) is 0 Å². The van der Waals surface area contributed by atoms with Crippen molar-refractivity contribution in [3.8, 4) is 5.75 Å². The minimum Gasteiger partial charge on any atom is -0.497 e. The molecule has 0 heterocycles. The summed E-state index contributed by atoms with van der Waals surface area (Å²) in [6, 6.07) is 17.3. The van der Waals surface area contributed by atoms with Crippen molar-refractivity contribution in [2.75, 3.05) is 12.4 Å².